The molecule has 9 heteroatoms. The number of methoxy groups -OCH3 is 1. The molecule has 1 unspecified atom stereocenters. The Balaban J connectivity index is 2.42. The third-order valence-corrected chi connectivity index (χ3v) is 3.04. The lowest BCUT2D eigenvalue weighted by molar-refractivity contribution is -0.269. The van der Waals surface area contributed by atoms with E-state index in [1.54, 1.807) is 0 Å². The molecule has 4 atom stereocenters. The maximum atomic E-state index is 14.0. The van der Waals surface area contributed by atoms with E-state index < -0.39 is 42.1 Å². The standard InChI is InChI=1S/C10H13FN2O6/c1-18-10(4-14)7(16)6(11)8(19-10)13-3-2-5(15)12-9(13)17/h2-3,6-8,14,16H,4H2,1H3,(H,12,15,17)/t6-,7?,8+,10+/m0/s1. The fraction of sp³-hybridized carbons (Fsp3) is 0.600. The summed E-state index contributed by atoms with van der Waals surface area (Å²) in [6, 6.07) is 1.01. The maximum Gasteiger partial charge on any atom is 0.330 e. The molecule has 106 valence electrons. The van der Waals surface area contributed by atoms with Gasteiger partial charge in [0.05, 0.1) is 0 Å². The topological polar surface area (TPSA) is 114 Å². The minimum absolute atomic E-state index is 0.643. The Morgan fingerprint density at radius 3 is 2.79 bits per heavy atom. The second kappa shape index (κ2) is 4.85. The smallest absolute Gasteiger partial charge is 0.330 e. The van der Waals surface area contributed by atoms with Crippen LogP contribution in [-0.4, -0.2) is 51.5 Å². The molecule has 1 aromatic heterocycles. The highest BCUT2D eigenvalue weighted by atomic mass is 19.1. The van der Waals surface area contributed by atoms with Gasteiger partial charge in [-0.15, -0.1) is 0 Å². The number of ether oxygens (including phenoxy) is 2. The van der Waals surface area contributed by atoms with Crippen LogP contribution in [0.15, 0.2) is 21.9 Å². The van der Waals surface area contributed by atoms with Crippen LogP contribution in [0.2, 0.25) is 0 Å². The van der Waals surface area contributed by atoms with Gasteiger partial charge in [-0.05, 0) is 0 Å². The first kappa shape index (κ1) is 13.9. The van der Waals surface area contributed by atoms with Crippen molar-refractivity contribution in [1.82, 2.24) is 9.55 Å². The van der Waals surface area contributed by atoms with Crippen molar-refractivity contribution < 1.29 is 24.1 Å². The van der Waals surface area contributed by atoms with Gasteiger partial charge in [0.2, 0.25) is 5.79 Å². The van der Waals surface area contributed by atoms with Crippen molar-refractivity contribution in [1.29, 1.82) is 0 Å². The van der Waals surface area contributed by atoms with Crippen LogP contribution < -0.4 is 11.2 Å². The van der Waals surface area contributed by atoms with E-state index >= 15 is 0 Å². The Morgan fingerprint density at radius 1 is 1.63 bits per heavy atom. The zero-order valence-corrected chi connectivity index (χ0v) is 9.95. The number of hydrogen-bond donors (Lipinski definition) is 3. The lowest BCUT2D eigenvalue weighted by Crippen LogP contribution is -2.47. The Labute approximate surface area is 106 Å². The molecular formula is C10H13FN2O6. The highest BCUT2D eigenvalue weighted by Gasteiger charge is 2.56. The summed E-state index contributed by atoms with van der Waals surface area (Å²) in [7, 11) is 1.13. The maximum absolute atomic E-state index is 14.0. The molecule has 1 saturated heterocycles. The first-order valence-corrected chi connectivity index (χ1v) is 5.42. The number of halogens is 1. The van der Waals surface area contributed by atoms with Crippen LogP contribution in [0.25, 0.3) is 0 Å². The zero-order chi connectivity index (χ0) is 14.2. The molecule has 8 nitrogen and oxygen atoms in total. The number of alkyl halides is 1. The third-order valence-electron chi connectivity index (χ3n) is 3.04. The van der Waals surface area contributed by atoms with Crippen LogP contribution in [0.1, 0.15) is 6.23 Å². The number of aliphatic hydroxyl groups is 2. The number of H-pyrrole nitrogens is 1. The van der Waals surface area contributed by atoms with E-state index in [1.165, 1.54) is 0 Å². The van der Waals surface area contributed by atoms with Crippen molar-refractivity contribution in [3.05, 3.63) is 33.1 Å². The van der Waals surface area contributed by atoms with Gasteiger partial charge in [0.15, 0.2) is 12.4 Å². The first-order valence-electron chi connectivity index (χ1n) is 5.42. The van der Waals surface area contributed by atoms with Crippen LogP contribution in [-0.2, 0) is 9.47 Å². The van der Waals surface area contributed by atoms with Crippen molar-refractivity contribution in [2.75, 3.05) is 13.7 Å². The fourth-order valence-corrected chi connectivity index (χ4v) is 1.94. The molecule has 1 aliphatic rings. The molecule has 2 rings (SSSR count). The van der Waals surface area contributed by atoms with Gasteiger partial charge < -0.3 is 19.7 Å². The van der Waals surface area contributed by atoms with E-state index in [0.717, 1.165) is 23.9 Å². The second-order valence-corrected chi connectivity index (χ2v) is 4.09. The number of hydrogen-bond acceptors (Lipinski definition) is 6. The summed E-state index contributed by atoms with van der Waals surface area (Å²) in [5, 5.41) is 18.9. The Kier molecular flexibility index (Phi) is 3.54. The highest BCUT2D eigenvalue weighted by molar-refractivity contribution is 4.97. The summed E-state index contributed by atoms with van der Waals surface area (Å²) >= 11 is 0. The number of aromatic nitrogens is 2. The summed E-state index contributed by atoms with van der Waals surface area (Å²) in [6.07, 6.45) is -4.25. The molecule has 0 bridgehead atoms. The SMILES string of the molecule is CO[C@]1(CO)O[C@@H](n2ccc(=O)[nH]c2=O)[C@@H](F)C1O. The van der Waals surface area contributed by atoms with Crippen molar-refractivity contribution in [3.63, 3.8) is 0 Å². The van der Waals surface area contributed by atoms with Crippen molar-refractivity contribution in [2.45, 2.75) is 24.3 Å². The molecule has 19 heavy (non-hydrogen) atoms. The van der Waals surface area contributed by atoms with Gasteiger partial charge in [0, 0.05) is 19.4 Å². The van der Waals surface area contributed by atoms with Crippen LogP contribution in [0.5, 0.6) is 0 Å². The Bertz CT molecular complexity index is 566. The molecule has 2 heterocycles. The third kappa shape index (κ3) is 2.10. The van der Waals surface area contributed by atoms with E-state index in [9.17, 15) is 19.1 Å². The average molecular weight is 276 g/mol. The molecule has 0 spiro atoms. The molecule has 0 aromatic carbocycles. The van der Waals surface area contributed by atoms with Crippen molar-refractivity contribution >= 4 is 0 Å². The molecule has 1 aliphatic heterocycles. The minimum Gasteiger partial charge on any atom is -0.391 e. The summed E-state index contributed by atoms with van der Waals surface area (Å²) in [5.41, 5.74) is -1.53. The minimum atomic E-state index is -2.00. The summed E-state index contributed by atoms with van der Waals surface area (Å²) < 4.78 is 24.7. The molecule has 0 radical (unpaired) electrons. The van der Waals surface area contributed by atoms with Crippen molar-refractivity contribution in [2.24, 2.45) is 0 Å². The molecule has 0 aliphatic carbocycles. The van der Waals surface area contributed by atoms with Crippen LogP contribution in [0.4, 0.5) is 4.39 Å². The number of nitrogens with zero attached hydrogens (tertiary/aromatic N) is 1. The Hall–Kier alpha value is -1.55. The molecule has 1 aromatic rings. The van der Waals surface area contributed by atoms with Gasteiger partial charge in [0.25, 0.3) is 5.56 Å². The van der Waals surface area contributed by atoms with E-state index in [-0.39, 0.29) is 0 Å². The average Bonchev–Trinajstić information content (AvgIpc) is 2.64. The summed E-state index contributed by atoms with van der Waals surface area (Å²) in [5.74, 6) is -1.94. The van der Waals surface area contributed by atoms with Crippen LogP contribution in [0, 0.1) is 0 Å². The summed E-state index contributed by atoms with van der Waals surface area (Å²) in [6.45, 7) is -0.792. The fourth-order valence-electron chi connectivity index (χ4n) is 1.94. The van der Waals surface area contributed by atoms with Gasteiger partial charge >= 0.3 is 5.69 Å². The molecule has 0 amide bonds. The van der Waals surface area contributed by atoms with Gasteiger partial charge in [-0.25, -0.2) is 9.18 Å². The van der Waals surface area contributed by atoms with Crippen LogP contribution >= 0.6 is 0 Å². The van der Waals surface area contributed by atoms with Gasteiger partial charge in [-0.2, -0.15) is 0 Å². The zero-order valence-electron chi connectivity index (χ0n) is 9.95. The van der Waals surface area contributed by atoms with E-state index in [2.05, 4.69) is 0 Å². The molecular weight excluding hydrogens is 263 g/mol. The number of nitrogens with one attached hydrogen (secondary N) is 1. The van der Waals surface area contributed by atoms with Crippen LogP contribution in [0.3, 0.4) is 0 Å². The van der Waals surface area contributed by atoms with E-state index in [4.69, 9.17) is 14.6 Å². The number of rotatable bonds is 3. The Morgan fingerprint density at radius 2 is 2.32 bits per heavy atom. The monoisotopic (exact) mass is 276 g/mol. The quantitative estimate of drug-likeness (QED) is 0.594. The molecule has 1 fully saturated rings. The second-order valence-electron chi connectivity index (χ2n) is 4.09. The lowest BCUT2D eigenvalue weighted by atomic mass is 10.1. The van der Waals surface area contributed by atoms with Gasteiger partial charge in [-0.1, -0.05) is 0 Å². The lowest BCUT2D eigenvalue weighted by Gasteiger charge is -2.27. The largest absolute Gasteiger partial charge is 0.391 e. The summed E-state index contributed by atoms with van der Waals surface area (Å²) in [4.78, 5) is 24.4. The predicted molar refractivity (Wildman–Crippen MR) is 59.2 cm³/mol. The van der Waals surface area contributed by atoms with Crippen molar-refractivity contribution in [3.8, 4) is 0 Å². The normalized spacial score (nSPS) is 34.6. The van der Waals surface area contributed by atoms with E-state index in [1.807, 2.05) is 4.98 Å². The molecule has 0 saturated carbocycles. The van der Waals surface area contributed by atoms with E-state index in [0.29, 0.717) is 0 Å². The number of aliphatic hydroxyl groups excluding tert-OH is 2. The number of aromatic amines is 1. The van der Waals surface area contributed by atoms with Gasteiger partial charge in [0.1, 0.15) is 12.7 Å². The van der Waals surface area contributed by atoms with Gasteiger partial charge in [-0.3, -0.25) is 14.3 Å². The molecule has 3 N–H and O–H groups in total. The highest BCUT2D eigenvalue weighted by Crippen LogP contribution is 2.38. The first-order chi connectivity index (χ1) is 8.95. The predicted octanol–water partition coefficient (Wildman–Crippen LogP) is -1.90.